The topological polar surface area (TPSA) is 75.3 Å². The van der Waals surface area contributed by atoms with E-state index in [1.807, 2.05) is 0 Å². The molecule has 144 valence electrons. The van der Waals surface area contributed by atoms with Crippen LogP contribution < -0.4 is 10.0 Å². The third kappa shape index (κ3) is 5.54. The van der Waals surface area contributed by atoms with Crippen molar-refractivity contribution in [3.05, 3.63) is 65.2 Å². The molecule has 1 aliphatic carbocycles. The summed E-state index contributed by atoms with van der Waals surface area (Å²) in [6.45, 7) is 0. The molecule has 2 aromatic carbocycles. The smallest absolute Gasteiger partial charge is 0.241 e. The van der Waals surface area contributed by atoms with Crippen LogP contribution >= 0.6 is 11.6 Å². The lowest BCUT2D eigenvalue weighted by Crippen LogP contribution is -2.37. The molecule has 0 aromatic heterocycles. The minimum absolute atomic E-state index is 0.0319. The minimum atomic E-state index is -3.75. The van der Waals surface area contributed by atoms with Gasteiger partial charge in [-0.1, -0.05) is 54.8 Å². The normalized spacial score (nSPS) is 16.2. The van der Waals surface area contributed by atoms with Gasteiger partial charge in [-0.05, 0) is 42.7 Å². The summed E-state index contributed by atoms with van der Waals surface area (Å²) in [7, 11) is -3.75. The number of amides is 1. The van der Waals surface area contributed by atoms with Crippen LogP contribution in [-0.2, 0) is 14.8 Å². The van der Waals surface area contributed by atoms with E-state index in [4.69, 9.17) is 11.6 Å². The highest BCUT2D eigenvalue weighted by Gasteiger charge is 2.25. The van der Waals surface area contributed by atoms with Gasteiger partial charge < -0.3 is 5.32 Å². The maximum absolute atomic E-state index is 12.7. The molecule has 2 N–H and O–H groups in total. The first-order chi connectivity index (χ1) is 12.9. The molecule has 0 bridgehead atoms. The molecule has 1 aliphatic rings. The Morgan fingerprint density at radius 3 is 2.30 bits per heavy atom. The zero-order valence-corrected chi connectivity index (χ0v) is 16.5. The number of nitrogens with one attached hydrogen (secondary N) is 2. The molecule has 3 rings (SSSR count). The summed E-state index contributed by atoms with van der Waals surface area (Å²) < 4.78 is 28.1. The Hall–Kier alpha value is -1.89. The van der Waals surface area contributed by atoms with Crippen molar-refractivity contribution >= 4 is 27.5 Å². The molecule has 0 heterocycles. The number of rotatable bonds is 7. The Morgan fingerprint density at radius 2 is 1.67 bits per heavy atom. The summed E-state index contributed by atoms with van der Waals surface area (Å²) in [5.41, 5.74) is 0.695. The maximum atomic E-state index is 12.7. The van der Waals surface area contributed by atoms with Gasteiger partial charge in [0.25, 0.3) is 0 Å². The van der Waals surface area contributed by atoms with E-state index in [1.165, 1.54) is 12.1 Å². The molecule has 0 saturated heterocycles. The number of halogens is 1. The van der Waals surface area contributed by atoms with Crippen LogP contribution in [0.5, 0.6) is 0 Å². The number of hydrogen-bond donors (Lipinski definition) is 2. The molecule has 1 amide bonds. The van der Waals surface area contributed by atoms with Crippen molar-refractivity contribution in [1.29, 1.82) is 0 Å². The van der Waals surface area contributed by atoms with E-state index in [0.29, 0.717) is 10.6 Å². The average molecular weight is 407 g/mol. The molecule has 1 saturated carbocycles. The lowest BCUT2D eigenvalue weighted by molar-refractivity contribution is -0.122. The Morgan fingerprint density at radius 1 is 1.04 bits per heavy atom. The Bertz CT molecular complexity index is 864. The molecule has 0 spiro atoms. The molecular weight excluding hydrogens is 384 g/mol. The first kappa shape index (κ1) is 19.9. The van der Waals surface area contributed by atoms with Crippen LogP contribution in [0.2, 0.25) is 5.02 Å². The van der Waals surface area contributed by atoms with Gasteiger partial charge in [0, 0.05) is 17.5 Å². The van der Waals surface area contributed by atoms with Gasteiger partial charge in [-0.3, -0.25) is 4.79 Å². The van der Waals surface area contributed by atoms with Gasteiger partial charge in [-0.15, -0.1) is 0 Å². The molecule has 2 aromatic rings. The highest BCUT2D eigenvalue weighted by atomic mass is 35.5. The number of hydrogen-bond acceptors (Lipinski definition) is 3. The first-order valence-corrected chi connectivity index (χ1v) is 10.9. The van der Waals surface area contributed by atoms with Crippen molar-refractivity contribution in [2.24, 2.45) is 0 Å². The van der Waals surface area contributed by atoms with E-state index in [-0.39, 0.29) is 23.3 Å². The fourth-order valence-corrected chi connectivity index (χ4v) is 4.69. The van der Waals surface area contributed by atoms with Crippen molar-refractivity contribution in [3.63, 3.8) is 0 Å². The summed E-state index contributed by atoms with van der Waals surface area (Å²) in [5.74, 6) is -0.155. The van der Waals surface area contributed by atoms with E-state index >= 15 is 0 Å². The van der Waals surface area contributed by atoms with Crippen molar-refractivity contribution in [2.75, 3.05) is 0 Å². The molecule has 0 aliphatic heterocycles. The molecule has 1 unspecified atom stereocenters. The quantitative estimate of drug-likeness (QED) is 0.734. The highest BCUT2D eigenvalue weighted by molar-refractivity contribution is 7.89. The molecule has 1 atom stereocenters. The summed E-state index contributed by atoms with van der Waals surface area (Å²) in [6.07, 6.45) is 4.22. The van der Waals surface area contributed by atoms with Crippen LogP contribution in [0.3, 0.4) is 0 Å². The van der Waals surface area contributed by atoms with Crippen LogP contribution in [0.15, 0.2) is 59.5 Å². The molecule has 0 radical (unpaired) electrons. The monoisotopic (exact) mass is 406 g/mol. The number of carbonyl (C=O) groups excluding carboxylic acids is 1. The summed E-state index contributed by atoms with van der Waals surface area (Å²) in [6, 6.07) is 14.5. The first-order valence-electron chi connectivity index (χ1n) is 9.06. The fourth-order valence-electron chi connectivity index (χ4n) is 3.32. The van der Waals surface area contributed by atoms with Crippen LogP contribution in [0, 0.1) is 0 Å². The van der Waals surface area contributed by atoms with Crippen LogP contribution in [0.25, 0.3) is 0 Å². The number of benzene rings is 2. The van der Waals surface area contributed by atoms with Crippen LogP contribution in [0.1, 0.15) is 43.7 Å². The van der Waals surface area contributed by atoms with Gasteiger partial charge >= 0.3 is 0 Å². The van der Waals surface area contributed by atoms with E-state index in [0.717, 1.165) is 25.7 Å². The van der Waals surface area contributed by atoms with Crippen molar-refractivity contribution in [1.82, 2.24) is 10.0 Å². The number of carbonyl (C=O) groups is 1. The van der Waals surface area contributed by atoms with Crippen LogP contribution in [0.4, 0.5) is 0 Å². The Kier molecular flexibility index (Phi) is 6.52. The van der Waals surface area contributed by atoms with Crippen molar-refractivity contribution in [3.8, 4) is 0 Å². The maximum Gasteiger partial charge on any atom is 0.241 e. The molecule has 5 nitrogen and oxygen atoms in total. The lowest BCUT2D eigenvalue weighted by Gasteiger charge is -2.20. The van der Waals surface area contributed by atoms with Gasteiger partial charge in [-0.2, -0.15) is 0 Å². The van der Waals surface area contributed by atoms with Crippen molar-refractivity contribution in [2.45, 2.75) is 49.1 Å². The molecule has 7 heteroatoms. The molecule has 1 fully saturated rings. The Labute approximate surface area is 165 Å². The second-order valence-corrected chi connectivity index (χ2v) is 8.94. The highest BCUT2D eigenvalue weighted by Crippen LogP contribution is 2.23. The lowest BCUT2D eigenvalue weighted by atomic mass is 10.0. The minimum Gasteiger partial charge on any atom is -0.353 e. The predicted molar refractivity (Wildman–Crippen MR) is 106 cm³/mol. The largest absolute Gasteiger partial charge is 0.353 e. The summed E-state index contributed by atoms with van der Waals surface area (Å²) in [4.78, 5) is 12.7. The van der Waals surface area contributed by atoms with E-state index in [9.17, 15) is 13.2 Å². The zero-order chi connectivity index (χ0) is 19.3. The van der Waals surface area contributed by atoms with E-state index < -0.39 is 16.1 Å². The summed E-state index contributed by atoms with van der Waals surface area (Å²) >= 11 is 5.95. The Balaban J connectivity index is 1.79. The SMILES string of the molecule is O=C(CC(NS(=O)(=O)c1ccccc1)c1ccc(Cl)cc1)NC1CCCC1. The fraction of sp³-hybridized carbons (Fsp3) is 0.350. The second-order valence-electron chi connectivity index (χ2n) is 6.79. The number of sulfonamides is 1. The average Bonchev–Trinajstić information content (AvgIpc) is 3.15. The van der Waals surface area contributed by atoms with Gasteiger partial charge in [0.15, 0.2) is 0 Å². The zero-order valence-electron chi connectivity index (χ0n) is 14.9. The van der Waals surface area contributed by atoms with Crippen LogP contribution in [-0.4, -0.2) is 20.4 Å². The summed E-state index contributed by atoms with van der Waals surface area (Å²) in [5, 5.41) is 3.57. The van der Waals surface area contributed by atoms with Gasteiger partial charge in [-0.25, -0.2) is 13.1 Å². The van der Waals surface area contributed by atoms with Gasteiger partial charge in [0.2, 0.25) is 15.9 Å². The van der Waals surface area contributed by atoms with Gasteiger partial charge in [0.05, 0.1) is 10.9 Å². The molecular formula is C20H23ClN2O3S. The third-order valence-electron chi connectivity index (χ3n) is 4.73. The van der Waals surface area contributed by atoms with Crippen molar-refractivity contribution < 1.29 is 13.2 Å². The predicted octanol–water partition coefficient (Wildman–Crippen LogP) is 3.81. The van der Waals surface area contributed by atoms with Gasteiger partial charge in [0.1, 0.15) is 0 Å². The van der Waals surface area contributed by atoms with E-state index in [2.05, 4.69) is 10.0 Å². The third-order valence-corrected chi connectivity index (χ3v) is 6.47. The second kappa shape index (κ2) is 8.87. The standard InChI is InChI=1S/C20H23ClN2O3S/c21-16-12-10-15(11-13-16)19(14-20(24)22-17-6-4-5-7-17)23-27(25,26)18-8-2-1-3-9-18/h1-3,8-13,17,19,23H,4-7,14H2,(H,22,24). The van der Waals surface area contributed by atoms with E-state index in [1.54, 1.807) is 42.5 Å². The molecule has 27 heavy (non-hydrogen) atoms.